The van der Waals surface area contributed by atoms with Gasteiger partial charge in [-0.15, -0.1) is 0 Å². The second-order valence-electron chi connectivity index (χ2n) is 5.37. The van der Waals surface area contributed by atoms with Crippen LogP contribution in [-0.4, -0.2) is 53.0 Å². The maximum atomic E-state index is 12.3. The Hall–Kier alpha value is -1.63. The number of amides is 2. The molecule has 3 unspecified atom stereocenters. The number of carbonyl (C=O) groups is 1. The Morgan fingerprint density at radius 3 is 2.71 bits per heavy atom. The Labute approximate surface area is 124 Å². The quantitative estimate of drug-likeness (QED) is 0.786. The van der Waals surface area contributed by atoms with Crippen molar-refractivity contribution in [2.45, 2.75) is 32.1 Å². The van der Waals surface area contributed by atoms with Crippen molar-refractivity contribution < 1.29 is 19.7 Å². The van der Waals surface area contributed by atoms with E-state index in [1.54, 1.807) is 36.1 Å². The molecule has 1 aliphatic rings. The summed E-state index contributed by atoms with van der Waals surface area (Å²) in [6.45, 7) is 4.29. The highest BCUT2D eigenvalue weighted by Gasteiger charge is 2.29. The molecule has 0 radical (unpaired) electrons. The van der Waals surface area contributed by atoms with E-state index in [0.717, 1.165) is 5.56 Å². The number of benzene rings is 1. The minimum atomic E-state index is -0.528. The van der Waals surface area contributed by atoms with Gasteiger partial charge in [0.1, 0.15) is 0 Å². The molecule has 1 aliphatic heterocycles. The number of aliphatic hydroxyl groups excluding tert-OH is 2. The summed E-state index contributed by atoms with van der Waals surface area (Å²) in [5.41, 5.74) is 1.47. The fourth-order valence-corrected chi connectivity index (χ4v) is 2.25. The van der Waals surface area contributed by atoms with E-state index in [1.165, 1.54) is 0 Å². The average Bonchev–Trinajstić information content (AvgIpc) is 2.48. The number of nitrogens with zero attached hydrogens (tertiary/aromatic N) is 1. The van der Waals surface area contributed by atoms with Gasteiger partial charge in [-0.3, -0.25) is 0 Å². The van der Waals surface area contributed by atoms with Gasteiger partial charge in [-0.1, -0.05) is 12.1 Å². The predicted octanol–water partition coefficient (Wildman–Crippen LogP) is 1.35. The molecule has 0 aromatic heterocycles. The molecule has 1 heterocycles. The molecular weight excluding hydrogens is 272 g/mol. The van der Waals surface area contributed by atoms with Gasteiger partial charge < -0.3 is 25.2 Å². The number of ether oxygens (including phenoxy) is 1. The van der Waals surface area contributed by atoms with E-state index in [-0.39, 0.29) is 24.8 Å². The standard InChI is InChI=1S/C15H22N2O4/c1-10-9-21-14(8-18)7-17(10)15(20)16-13-5-3-12(4-6-13)11(2)19/h3-6,10-11,14,18-19H,7-9H2,1-2H3,(H,16,20). The van der Waals surface area contributed by atoms with Gasteiger partial charge in [0.05, 0.1) is 38.0 Å². The van der Waals surface area contributed by atoms with Gasteiger partial charge in [-0.25, -0.2) is 4.79 Å². The van der Waals surface area contributed by atoms with Gasteiger partial charge in [0, 0.05) is 5.69 Å². The third-order valence-corrected chi connectivity index (χ3v) is 3.61. The number of carbonyl (C=O) groups excluding carboxylic acids is 1. The molecule has 0 spiro atoms. The fourth-order valence-electron chi connectivity index (χ4n) is 2.25. The molecule has 21 heavy (non-hydrogen) atoms. The maximum Gasteiger partial charge on any atom is 0.322 e. The van der Waals surface area contributed by atoms with Gasteiger partial charge in [0.25, 0.3) is 0 Å². The van der Waals surface area contributed by atoms with E-state index in [0.29, 0.717) is 18.8 Å². The smallest absolute Gasteiger partial charge is 0.322 e. The lowest BCUT2D eigenvalue weighted by Crippen LogP contribution is -2.53. The Bertz CT molecular complexity index is 475. The van der Waals surface area contributed by atoms with Crippen LogP contribution >= 0.6 is 0 Å². The van der Waals surface area contributed by atoms with Gasteiger partial charge >= 0.3 is 6.03 Å². The molecule has 0 bridgehead atoms. The molecular formula is C15H22N2O4. The number of aliphatic hydroxyl groups is 2. The highest BCUT2D eigenvalue weighted by atomic mass is 16.5. The number of nitrogens with one attached hydrogen (secondary N) is 1. The molecule has 6 heteroatoms. The average molecular weight is 294 g/mol. The van der Waals surface area contributed by atoms with Crippen molar-refractivity contribution in [3.63, 3.8) is 0 Å². The summed E-state index contributed by atoms with van der Waals surface area (Å²) in [7, 11) is 0. The van der Waals surface area contributed by atoms with E-state index in [1.807, 2.05) is 6.92 Å². The monoisotopic (exact) mass is 294 g/mol. The number of anilines is 1. The molecule has 2 amide bonds. The van der Waals surface area contributed by atoms with Crippen LogP contribution in [0.4, 0.5) is 10.5 Å². The Morgan fingerprint density at radius 2 is 2.14 bits per heavy atom. The first kappa shape index (κ1) is 15.8. The molecule has 2 rings (SSSR count). The molecule has 1 fully saturated rings. The van der Waals surface area contributed by atoms with Crippen molar-refractivity contribution >= 4 is 11.7 Å². The number of rotatable bonds is 3. The predicted molar refractivity (Wildman–Crippen MR) is 79.1 cm³/mol. The first-order chi connectivity index (χ1) is 10.0. The summed E-state index contributed by atoms with van der Waals surface area (Å²) in [4.78, 5) is 13.9. The molecule has 1 aromatic carbocycles. The van der Waals surface area contributed by atoms with E-state index >= 15 is 0 Å². The third-order valence-electron chi connectivity index (χ3n) is 3.61. The van der Waals surface area contributed by atoms with Crippen molar-refractivity contribution in [2.75, 3.05) is 25.1 Å². The molecule has 3 N–H and O–H groups in total. The van der Waals surface area contributed by atoms with Crippen molar-refractivity contribution in [3.05, 3.63) is 29.8 Å². The van der Waals surface area contributed by atoms with E-state index in [9.17, 15) is 9.90 Å². The van der Waals surface area contributed by atoms with Crippen LogP contribution in [0.5, 0.6) is 0 Å². The highest BCUT2D eigenvalue weighted by molar-refractivity contribution is 5.89. The molecule has 3 atom stereocenters. The first-order valence-electron chi connectivity index (χ1n) is 7.09. The minimum Gasteiger partial charge on any atom is -0.394 e. The number of hydrogen-bond acceptors (Lipinski definition) is 4. The van der Waals surface area contributed by atoms with E-state index < -0.39 is 6.10 Å². The zero-order valence-electron chi connectivity index (χ0n) is 12.3. The summed E-state index contributed by atoms with van der Waals surface area (Å²) >= 11 is 0. The van der Waals surface area contributed by atoms with Gasteiger partial charge in [0.2, 0.25) is 0 Å². The summed E-state index contributed by atoms with van der Waals surface area (Å²) in [6, 6.07) is 6.82. The molecule has 0 saturated carbocycles. The van der Waals surface area contributed by atoms with Crippen molar-refractivity contribution in [1.29, 1.82) is 0 Å². The Kier molecular flexibility index (Phi) is 5.17. The normalized spacial score (nSPS) is 23.7. The molecule has 1 aromatic rings. The Morgan fingerprint density at radius 1 is 1.48 bits per heavy atom. The highest BCUT2D eigenvalue weighted by Crippen LogP contribution is 2.17. The molecule has 0 aliphatic carbocycles. The van der Waals surface area contributed by atoms with Crippen LogP contribution in [0.2, 0.25) is 0 Å². The number of hydrogen-bond donors (Lipinski definition) is 3. The number of morpholine rings is 1. The summed E-state index contributed by atoms with van der Waals surface area (Å²) in [6.07, 6.45) is -0.858. The van der Waals surface area contributed by atoms with E-state index in [4.69, 9.17) is 9.84 Å². The second kappa shape index (κ2) is 6.89. The molecule has 6 nitrogen and oxygen atoms in total. The zero-order valence-corrected chi connectivity index (χ0v) is 12.3. The summed E-state index contributed by atoms with van der Waals surface area (Å²) < 4.78 is 5.41. The maximum absolute atomic E-state index is 12.3. The lowest BCUT2D eigenvalue weighted by molar-refractivity contribution is -0.0611. The van der Waals surface area contributed by atoms with Crippen molar-refractivity contribution in [3.8, 4) is 0 Å². The van der Waals surface area contributed by atoms with Crippen LogP contribution in [0.3, 0.4) is 0 Å². The van der Waals surface area contributed by atoms with Gasteiger partial charge in [-0.05, 0) is 31.5 Å². The largest absolute Gasteiger partial charge is 0.394 e. The third kappa shape index (κ3) is 3.93. The fraction of sp³-hybridized carbons (Fsp3) is 0.533. The first-order valence-corrected chi connectivity index (χ1v) is 7.09. The second-order valence-corrected chi connectivity index (χ2v) is 5.37. The zero-order chi connectivity index (χ0) is 15.4. The Balaban J connectivity index is 1.99. The lowest BCUT2D eigenvalue weighted by atomic mass is 10.1. The van der Waals surface area contributed by atoms with Crippen LogP contribution < -0.4 is 5.32 Å². The van der Waals surface area contributed by atoms with Crippen LogP contribution in [0, 0.1) is 0 Å². The van der Waals surface area contributed by atoms with Crippen LogP contribution in [0.15, 0.2) is 24.3 Å². The van der Waals surface area contributed by atoms with Crippen LogP contribution in [0.1, 0.15) is 25.5 Å². The number of urea groups is 1. The lowest BCUT2D eigenvalue weighted by Gasteiger charge is -2.37. The van der Waals surface area contributed by atoms with E-state index in [2.05, 4.69) is 5.32 Å². The van der Waals surface area contributed by atoms with Gasteiger partial charge in [-0.2, -0.15) is 0 Å². The van der Waals surface area contributed by atoms with Crippen LogP contribution in [-0.2, 0) is 4.74 Å². The molecule has 116 valence electrons. The van der Waals surface area contributed by atoms with Crippen molar-refractivity contribution in [2.24, 2.45) is 0 Å². The minimum absolute atomic E-state index is 0.0375. The summed E-state index contributed by atoms with van der Waals surface area (Å²) in [5, 5.41) is 21.4. The summed E-state index contributed by atoms with van der Waals surface area (Å²) in [5.74, 6) is 0. The molecule has 1 saturated heterocycles. The van der Waals surface area contributed by atoms with Gasteiger partial charge in [0.15, 0.2) is 0 Å². The van der Waals surface area contributed by atoms with Crippen molar-refractivity contribution in [1.82, 2.24) is 4.90 Å². The SMILES string of the molecule is CC(O)c1ccc(NC(=O)N2CC(CO)OCC2C)cc1. The topological polar surface area (TPSA) is 82.0 Å². The van der Waals surface area contributed by atoms with Crippen LogP contribution in [0.25, 0.3) is 0 Å².